The zero-order valence-electron chi connectivity index (χ0n) is 12.2. The molecule has 2 N–H and O–H groups in total. The standard InChI is InChI=1S/C15H22N2O3/c1-11(2)13(14(18)19)16-15(20)17(3)10-9-12-7-5-4-6-8-12/h4-8,11,13H,9-10H2,1-3H3,(H,16,20)(H,18,19)/t13-/m1/s1. The fraction of sp³-hybridized carbons (Fsp3) is 0.467. The summed E-state index contributed by atoms with van der Waals surface area (Å²) in [4.78, 5) is 24.5. The average molecular weight is 278 g/mol. The second-order valence-electron chi connectivity index (χ2n) is 5.17. The van der Waals surface area contributed by atoms with Crippen LogP contribution in [0.4, 0.5) is 4.79 Å². The van der Waals surface area contributed by atoms with Crippen LogP contribution in [0.2, 0.25) is 0 Å². The molecule has 0 aliphatic carbocycles. The van der Waals surface area contributed by atoms with Gasteiger partial charge >= 0.3 is 12.0 Å². The summed E-state index contributed by atoms with van der Waals surface area (Å²) in [5, 5.41) is 11.6. The highest BCUT2D eigenvalue weighted by atomic mass is 16.4. The van der Waals surface area contributed by atoms with Crippen LogP contribution in [-0.4, -0.2) is 41.6 Å². The topological polar surface area (TPSA) is 69.6 Å². The molecule has 0 aliphatic heterocycles. The summed E-state index contributed by atoms with van der Waals surface area (Å²) in [5.74, 6) is -1.16. The SMILES string of the molecule is CC(C)[C@@H](NC(=O)N(C)CCc1ccccc1)C(=O)O. The number of likely N-dealkylation sites (N-methyl/N-ethyl adjacent to an activating group) is 1. The quantitative estimate of drug-likeness (QED) is 0.836. The van der Waals surface area contributed by atoms with Gasteiger partial charge in [-0.05, 0) is 17.9 Å². The van der Waals surface area contributed by atoms with Gasteiger partial charge in [0.25, 0.3) is 0 Å². The molecule has 2 amide bonds. The maximum Gasteiger partial charge on any atom is 0.326 e. The summed E-state index contributed by atoms with van der Waals surface area (Å²) in [6.07, 6.45) is 0.740. The third-order valence-corrected chi connectivity index (χ3v) is 3.14. The predicted molar refractivity (Wildman–Crippen MR) is 77.6 cm³/mol. The highest BCUT2D eigenvalue weighted by Gasteiger charge is 2.24. The third kappa shape index (κ3) is 4.91. The first-order valence-electron chi connectivity index (χ1n) is 6.70. The van der Waals surface area contributed by atoms with Crippen LogP contribution in [0.5, 0.6) is 0 Å². The summed E-state index contributed by atoms with van der Waals surface area (Å²) in [6.45, 7) is 4.08. The fourth-order valence-electron chi connectivity index (χ4n) is 1.80. The average Bonchev–Trinajstić information content (AvgIpc) is 2.42. The van der Waals surface area contributed by atoms with E-state index in [1.54, 1.807) is 20.9 Å². The number of carboxylic acid groups (broad SMARTS) is 1. The lowest BCUT2D eigenvalue weighted by atomic mass is 10.1. The van der Waals surface area contributed by atoms with Crippen molar-refractivity contribution in [2.45, 2.75) is 26.3 Å². The molecule has 1 atom stereocenters. The molecule has 0 saturated heterocycles. The summed E-state index contributed by atoms with van der Waals surface area (Å²) in [7, 11) is 1.66. The van der Waals surface area contributed by atoms with E-state index in [1.807, 2.05) is 30.3 Å². The predicted octanol–water partition coefficient (Wildman–Crippen LogP) is 1.98. The molecule has 0 heterocycles. The van der Waals surface area contributed by atoms with E-state index in [4.69, 9.17) is 5.11 Å². The normalized spacial score (nSPS) is 12.0. The van der Waals surface area contributed by atoms with Crippen LogP contribution in [0, 0.1) is 5.92 Å². The van der Waals surface area contributed by atoms with Crippen molar-refractivity contribution >= 4 is 12.0 Å². The van der Waals surface area contributed by atoms with E-state index >= 15 is 0 Å². The fourth-order valence-corrected chi connectivity index (χ4v) is 1.80. The minimum absolute atomic E-state index is 0.154. The molecule has 0 bridgehead atoms. The third-order valence-electron chi connectivity index (χ3n) is 3.14. The first-order chi connectivity index (χ1) is 9.41. The van der Waals surface area contributed by atoms with Crippen molar-refractivity contribution in [2.75, 3.05) is 13.6 Å². The lowest BCUT2D eigenvalue weighted by molar-refractivity contribution is -0.140. The van der Waals surface area contributed by atoms with E-state index in [1.165, 1.54) is 4.90 Å². The van der Waals surface area contributed by atoms with Crippen LogP contribution < -0.4 is 5.32 Å². The number of urea groups is 1. The minimum atomic E-state index is -1.01. The van der Waals surface area contributed by atoms with E-state index in [0.717, 1.165) is 12.0 Å². The van der Waals surface area contributed by atoms with Crippen LogP contribution in [-0.2, 0) is 11.2 Å². The van der Waals surface area contributed by atoms with E-state index in [0.29, 0.717) is 6.54 Å². The Morgan fingerprint density at radius 1 is 1.25 bits per heavy atom. The highest BCUT2D eigenvalue weighted by molar-refractivity contribution is 5.82. The van der Waals surface area contributed by atoms with Gasteiger partial charge in [-0.2, -0.15) is 0 Å². The van der Waals surface area contributed by atoms with Gasteiger partial charge in [-0.1, -0.05) is 44.2 Å². The molecule has 5 nitrogen and oxygen atoms in total. The smallest absolute Gasteiger partial charge is 0.326 e. The number of nitrogens with zero attached hydrogens (tertiary/aromatic N) is 1. The molecule has 0 saturated carbocycles. The molecule has 1 aromatic carbocycles. The molecule has 1 rings (SSSR count). The molecule has 110 valence electrons. The molecule has 1 aromatic rings. The second kappa shape index (κ2) is 7.53. The number of rotatable bonds is 6. The Morgan fingerprint density at radius 2 is 1.85 bits per heavy atom. The molecular weight excluding hydrogens is 256 g/mol. The number of hydrogen-bond acceptors (Lipinski definition) is 2. The van der Waals surface area contributed by atoms with Crippen LogP contribution in [0.3, 0.4) is 0 Å². The molecule has 0 aromatic heterocycles. The van der Waals surface area contributed by atoms with Crippen molar-refractivity contribution in [2.24, 2.45) is 5.92 Å². The first kappa shape index (κ1) is 16.0. The lowest BCUT2D eigenvalue weighted by Gasteiger charge is -2.23. The van der Waals surface area contributed by atoms with Crippen LogP contribution in [0.25, 0.3) is 0 Å². The van der Waals surface area contributed by atoms with Crippen LogP contribution in [0.1, 0.15) is 19.4 Å². The second-order valence-corrected chi connectivity index (χ2v) is 5.17. The largest absolute Gasteiger partial charge is 0.480 e. The van der Waals surface area contributed by atoms with E-state index < -0.39 is 12.0 Å². The summed E-state index contributed by atoms with van der Waals surface area (Å²) >= 11 is 0. The van der Waals surface area contributed by atoms with Gasteiger partial charge < -0.3 is 15.3 Å². The van der Waals surface area contributed by atoms with Crippen molar-refractivity contribution in [3.63, 3.8) is 0 Å². The Bertz CT molecular complexity index is 446. The van der Waals surface area contributed by atoms with Gasteiger partial charge in [-0.3, -0.25) is 0 Å². The molecule has 5 heteroatoms. The van der Waals surface area contributed by atoms with E-state index in [-0.39, 0.29) is 11.9 Å². The number of carbonyl (C=O) groups excluding carboxylic acids is 1. The Hall–Kier alpha value is -2.04. The lowest BCUT2D eigenvalue weighted by Crippen LogP contribution is -2.49. The van der Waals surface area contributed by atoms with Crippen LogP contribution >= 0.6 is 0 Å². The number of benzene rings is 1. The maximum atomic E-state index is 11.9. The molecule has 0 fully saturated rings. The van der Waals surface area contributed by atoms with E-state index in [2.05, 4.69) is 5.32 Å². The van der Waals surface area contributed by atoms with Crippen molar-refractivity contribution < 1.29 is 14.7 Å². The van der Waals surface area contributed by atoms with Gasteiger partial charge in [0.1, 0.15) is 6.04 Å². The van der Waals surface area contributed by atoms with Gasteiger partial charge in [-0.25, -0.2) is 9.59 Å². The Balaban J connectivity index is 2.48. The first-order valence-corrected chi connectivity index (χ1v) is 6.70. The highest BCUT2D eigenvalue weighted by Crippen LogP contribution is 2.04. The van der Waals surface area contributed by atoms with Crippen molar-refractivity contribution in [3.8, 4) is 0 Å². The molecule has 0 spiro atoms. The van der Waals surface area contributed by atoms with Gasteiger partial charge in [-0.15, -0.1) is 0 Å². The number of carbonyl (C=O) groups is 2. The van der Waals surface area contributed by atoms with Gasteiger partial charge in [0.05, 0.1) is 0 Å². The van der Waals surface area contributed by atoms with E-state index in [9.17, 15) is 9.59 Å². The Labute approximate surface area is 119 Å². The molecule has 0 aliphatic rings. The van der Waals surface area contributed by atoms with Gasteiger partial charge in [0, 0.05) is 13.6 Å². The van der Waals surface area contributed by atoms with Crippen molar-refractivity contribution in [3.05, 3.63) is 35.9 Å². The molecule has 20 heavy (non-hydrogen) atoms. The summed E-state index contributed by atoms with van der Waals surface area (Å²) in [6, 6.07) is 8.63. The number of amides is 2. The molecular formula is C15H22N2O3. The zero-order chi connectivity index (χ0) is 15.1. The summed E-state index contributed by atoms with van der Waals surface area (Å²) < 4.78 is 0. The Kier molecular flexibility index (Phi) is 6.03. The summed E-state index contributed by atoms with van der Waals surface area (Å²) in [5.41, 5.74) is 1.14. The van der Waals surface area contributed by atoms with Crippen LogP contribution in [0.15, 0.2) is 30.3 Å². The number of hydrogen-bond donors (Lipinski definition) is 2. The Morgan fingerprint density at radius 3 is 2.35 bits per heavy atom. The molecule has 0 radical (unpaired) electrons. The zero-order valence-corrected chi connectivity index (χ0v) is 12.2. The molecule has 0 unspecified atom stereocenters. The monoisotopic (exact) mass is 278 g/mol. The van der Waals surface area contributed by atoms with Crippen molar-refractivity contribution in [1.82, 2.24) is 10.2 Å². The van der Waals surface area contributed by atoms with Gasteiger partial charge in [0.15, 0.2) is 0 Å². The number of nitrogens with one attached hydrogen (secondary N) is 1. The van der Waals surface area contributed by atoms with Gasteiger partial charge in [0.2, 0.25) is 0 Å². The maximum absolute atomic E-state index is 11.9. The number of aliphatic carboxylic acids is 1. The van der Waals surface area contributed by atoms with Crippen molar-refractivity contribution in [1.29, 1.82) is 0 Å². The minimum Gasteiger partial charge on any atom is -0.480 e. The number of carboxylic acids is 1.